The first kappa shape index (κ1) is 20.7. The van der Waals surface area contributed by atoms with Crippen molar-refractivity contribution in [2.75, 3.05) is 13.2 Å². The van der Waals surface area contributed by atoms with Gasteiger partial charge in [0.25, 0.3) is 11.1 Å². The number of hydrogen-bond acceptors (Lipinski definition) is 5. The molecule has 1 amide bonds. The molecule has 0 bridgehead atoms. The Balaban J connectivity index is 1.48. The Morgan fingerprint density at radius 2 is 1.77 bits per heavy atom. The van der Waals surface area contributed by atoms with Crippen molar-refractivity contribution in [3.05, 3.63) is 68.7 Å². The molecule has 162 valence electrons. The molecule has 2 aromatic carbocycles. The first-order valence-corrected chi connectivity index (χ1v) is 10.3. The van der Waals surface area contributed by atoms with Crippen LogP contribution in [-0.2, 0) is 11.3 Å². The van der Waals surface area contributed by atoms with Gasteiger partial charge in [-0.05, 0) is 35.7 Å². The maximum absolute atomic E-state index is 12.7. The molecule has 8 heteroatoms. The van der Waals surface area contributed by atoms with Crippen LogP contribution in [0.1, 0.15) is 31.9 Å². The van der Waals surface area contributed by atoms with E-state index in [2.05, 4.69) is 10.4 Å². The number of ether oxygens (including phenoxy) is 2. The van der Waals surface area contributed by atoms with Gasteiger partial charge in [-0.3, -0.25) is 19.5 Å². The molecule has 0 radical (unpaired) electrons. The molecule has 0 fully saturated rings. The summed E-state index contributed by atoms with van der Waals surface area (Å²) in [6.45, 7) is 5.14. The number of carbonyl (C=O) groups excluding carboxylic acids is 1. The molecular formula is C23H25N3O5. The lowest BCUT2D eigenvalue weighted by molar-refractivity contribution is -0.122. The average Bonchev–Trinajstić information content (AvgIpc) is 2.78. The number of nitrogens with zero attached hydrogens (tertiary/aromatic N) is 1. The molecule has 0 saturated heterocycles. The molecule has 8 nitrogen and oxygen atoms in total. The normalized spacial score (nSPS) is 13.9. The highest BCUT2D eigenvalue weighted by molar-refractivity contribution is 5.80. The van der Waals surface area contributed by atoms with Crippen LogP contribution in [0.4, 0.5) is 0 Å². The lowest BCUT2D eigenvalue weighted by Crippen LogP contribution is -2.35. The topological polar surface area (TPSA) is 102 Å². The van der Waals surface area contributed by atoms with Crippen LogP contribution in [0.25, 0.3) is 10.8 Å². The number of nitrogens with one attached hydrogen (secondary N) is 2. The summed E-state index contributed by atoms with van der Waals surface area (Å²) in [7, 11) is 0. The van der Waals surface area contributed by atoms with E-state index in [9.17, 15) is 14.4 Å². The fourth-order valence-corrected chi connectivity index (χ4v) is 3.75. The summed E-state index contributed by atoms with van der Waals surface area (Å²) in [6.07, 6.45) is 0.0575. The third-order valence-corrected chi connectivity index (χ3v) is 5.35. The van der Waals surface area contributed by atoms with Gasteiger partial charge >= 0.3 is 0 Å². The fraction of sp³-hybridized carbons (Fsp3) is 0.348. The predicted molar refractivity (Wildman–Crippen MR) is 117 cm³/mol. The Bertz CT molecular complexity index is 1230. The number of aromatic amines is 1. The molecule has 2 heterocycles. The van der Waals surface area contributed by atoms with Crippen molar-refractivity contribution in [2.24, 2.45) is 5.92 Å². The molecule has 0 saturated carbocycles. The summed E-state index contributed by atoms with van der Waals surface area (Å²) in [4.78, 5) is 37.5. The second-order valence-corrected chi connectivity index (χ2v) is 7.89. The van der Waals surface area contributed by atoms with E-state index in [0.29, 0.717) is 35.5 Å². The monoisotopic (exact) mass is 423 g/mol. The zero-order chi connectivity index (χ0) is 22.0. The summed E-state index contributed by atoms with van der Waals surface area (Å²) >= 11 is 0. The number of amides is 1. The maximum atomic E-state index is 12.7. The second-order valence-electron chi connectivity index (χ2n) is 7.89. The van der Waals surface area contributed by atoms with Crippen LogP contribution in [0.15, 0.2) is 52.1 Å². The molecule has 1 aromatic heterocycles. The summed E-state index contributed by atoms with van der Waals surface area (Å²) < 4.78 is 12.4. The van der Waals surface area contributed by atoms with Crippen molar-refractivity contribution in [3.63, 3.8) is 0 Å². The standard InChI is InChI=1S/C23H25N3O5/c1-14(2)21(15-7-8-18-19(13-15)31-12-11-30-18)24-20(27)9-10-26-23(29)17-6-4-3-5-16(17)22(28)25-26/h3-8,13-14,21H,9-12H2,1-2H3,(H,24,27)(H,25,28). The predicted octanol–water partition coefficient (Wildman–Crippen LogP) is 2.36. The minimum atomic E-state index is -0.355. The molecular weight excluding hydrogens is 398 g/mol. The van der Waals surface area contributed by atoms with Crippen molar-refractivity contribution in [2.45, 2.75) is 32.9 Å². The number of aryl methyl sites for hydroxylation is 1. The molecule has 0 aliphatic carbocycles. The quantitative estimate of drug-likeness (QED) is 0.634. The average molecular weight is 423 g/mol. The van der Waals surface area contributed by atoms with Crippen LogP contribution in [0.3, 0.4) is 0 Å². The first-order valence-electron chi connectivity index (χ1n) is 10.3. The summed E-state index contributed by atoms with van der Waals surface area (Å²) in [6, 6.07) is 12.1. The van der Waals surface area contributed by atoms with E-state index in [4.69, 9.17) is 9.47 Å². The SMILES string of the molecule is CC(C)C(NC(=O)CCn1[nH]c(=O)c2ccccc2c1=O)c1ccc2c(c1)OCCO2. The Hall–Kier alpha value is -3.55. The van der Waals surface area contributed by atoms with Crippen molar-refractivity contribution < 1.29 is 14.3 Å². The molecule has 4 rings (SSSR count). The van der Waals surface area contributed by atoms with Crippen LogP contribution in [0, 0.1) is 5.92 Å². The summed E-state index contributed by atoms with van der Waals surface area (Å²) in [5.74, 6) is 1.29. The highest BCUT2D eigenvalue weighted by Crippen LogP contribution is 2.34. The minimum Gasteiger partial charge on any atom is -0.486 e. The molecule has 1 aliphatic rings. The van der Waals surface area contributed by atoms with Gasteiger partial charge in [0.05, 0.1) is 23.4 Å². The molecule has 31 heavy (non-hydrogen) atoms. The van der Waals surface area contributed by atoms with Gasteiger partial charge in [-0.2, -0.15) is 0 Å². The van der Waals surface area contributed by atoms with E-state index in [-0.39, 0.29) is 42.0 Å². The Labute approximate surface area is 178 Å². The van der Waals surface area contributed by atoms with Crippen molar-refractivity contribution in [3.8, 4) is 11.5 Å². The zero-order valence-electron chi connectivity index (χ0n) is 17.5. The van der Waals surface area contributed by atoms with E-state index < -0.39 is 0 Å². The van der Waals surface area contributed by atoms with Gasteiger partial charge in [0, 0.05) is 6.42 Å². The van der Waals surface area contributed by atoms with Gasteiger partial charge in [-0.25, -0.2) is 4.68 Å². The van der Waals surface area contributed by atoms with E-state index >= 15 is 0 Å². The van der Waals surface area contributed by atoms with Gasteiger partial charge in [0.1, 0.15) is 13.2 Å². The number of fused-ring (bicyclic) bond motifs is 2. The number of H-pyrrole nitrogens is 1. The van der Waals surface area contributed by atoms with Crippen LogP contribution < -0.4 is 25.9 Å². The number of aromatic nitrogens is 2. The molecule has 0 spiro atoms. The van der Waals surface area contributed by atoms with Crippen molar-refractivity contribution in [1.82, 2.24) is 15.1 Å². The summed E-state index contributed by atoms with van der Waals surface area (Å²) in [5, 5.41) is 6.27. The fourth-order valence-electron chi connectivity index (χ4n) is 3.75. The van der Waals surface area contributed by atoms with Gasteiger partial charge in [-0.15, -0.1) is 0 Å². The van der Waals surface area contributed by atoms with Crippen LogP contribution in [-0.4, -0.2) is 28.9 Å². The smallest absolute Gasteiger partial charge is 0.273 e. The van der Waals surface area contributed by atoms with Crippen LogP contribution >= 0.6 is 0 Å². The van der Waals surface area contributed by atoms with Gasteiger partial charge in [-0.1, -0.05) is 32.0 Å². The number of benzene rings is 2. The van der Waals surface area contributed by atoms with E-state index in [1.54, 1.807) is 24.3 Å². The molecule has 2 N–H and O–H groups in total. The number of rotatable bonds is 6. The second kappa shape index (κ2) is 8.67. The third kappa shape index (κ3) is 4.33. The molecule has 1 atom stereocenters. The van der Waals surface area contributed by atoms with Crippen LogP contribution in [0.2, 0.25) is 0 Å². The van der Waals surface area contributed by atoms with E-state index in [0.717, 1.165) is 5.56 Å². The minimum absolute atomic E-state index is 0.0575. The van der Waals surface area contributed by atoms with Crippen LogP contribution in [0.5, 0.6) is 11.5 Å². The van der Waals surface area contributed by atoms with Gasteiger partial charge < -0.3 is 14.8 Å². The third-order valence-electron chi connectivity index (χ3n) is 5.35. The molecule has 1 aliphatic heterocycles. The van der Waals surface area contributed by atoms with Crippen molar-refractivity contribution >= 4 is 16.7 Å². The highest BCUT2D eigenvalue weighted by atomic mass is 16.6. The summed E-state index contributed by atoms with van der Waals surface area (Å²) in [5.41, 5.74) is 0.242. The zero-order valence-corrected chi connectivity index (χ0v) is 17.5. The molecule has 1 unspecified atom stereocenters. The Kier molecular flexibility index (Phi) is 5.79. The van der Waals surface area contributed by atoms with E-state index in [1.807, 2.05) is 32.0 Å². The lowest BCUT2D eigenvalue weighted by Gasteiger charge is -2.25. The molecule has 3 aromatic rings. The number of hydrogen-bond donors (Lipinski definition) is 2. The van der Waals surface area contributed by atoms with Gasteiger partial charge in [0.15, 0.2) is 11.5 Å². The lowest BCUT2D eigenvalue weighted by atomic mass is 9.95. The number of carbonyl (C=O) groups is 1. The largest absolute Gasteiger partial charge is 0.486 e. The maximum Gasteiger partial charge on any atom is 0.273 e. The first-order chi connectivity index (χ1) is 14.9. The van der Waals surface area contributed by atoms with Crippen molar-refractivity contribution in [1.29, 1.82) is 0 Å². The highest BCUT2D eigenvalue weighted by Gasteiger charge is 2.21. The Morgan fingerprint density at radius 3 is 2.52 bits per heavy atom. The van der Waals surface area contributed by atoms with Gasteiger partial charge in [0.2, 0.25) is 5.91 Å². The Morgan fingerprint density at radius 1 is 1.06 bits per heavy atom. The van der Waals surface area contributed by atoms with E-state index in [1.165, 1.54) is 4.68 Å².